The normalized spacial score (nSPS) is 24.0. The minimum atomic E-state index is -0.961. The van der Waals surface area contributed by atoms with Crippen LogP contribution in [0.2, 0.25) is 0 Å². The van der Waals surface area contributed by atoms with Crippen LogP contribution in [0.25, 0.3) is 0 Å². The Balaban J connectivity index is 1.39. The van der Waals surface area contributed by atoms with Crippen LogP contribution in [0.4, 0.5) is 5.69 Å². The number of carbonyl (C=O) groups excluding carboxylic acids is 2. The van der Waals surface area contributed by atoms with Crippen molar-refractivity contribution < 1.29 is 29.0 Å². The Bertz CT molecular complexity index is 1190. The molecule has 1 N–H and O–H groups in total. The minimum absolute atomic E-state index is 0.00171. The molecular formula is C27H28N2O6. The molecule has 0 aromatic heterocycles. The van der Waals surface area contributed by atoms with Gasteiger partial charge in [0.2, 0.25) is 12.7 Å². The van der Waals surface area contributed by atoms with Crippen molar-refractivity contribution >= 4 is 23.5 Å². The van der Waals surface area contributed by atoms with Gasteiger partial charge in [0.25, 0.3) is 5.91 Å². The zero-order valence-corrected chi connectivity index (χ0v) is 19.4. The van der Waals surface area contributed by atoms with Crippen LogP contribution < -0.4 is 14.4 Å². The number of ether oxygens (including phenoxy) is 2. The van der Waals surface area contributed by atoms with E-state index in [1.54, 1.807) is 18.2 Å². The number of carboxylic acid groups (broad SMARTS) is 1. The largest absolute Gasteiger partial charge is 0.481 e. The molecule has 8 nitrogen and oxygen atoms in total. The van der Waals surface area contributed by atoms with Crippen molar-refractivity contribution in [2.45, 2.75) is 63.1 Å². The highest BCUT2D eigenvalue weighted by atomic mass is 16.7. The smallest absolute Gasteiger partial charge is 0.303 e. The van der Waals surface area contributed by atoms with Gasteiger partial charge in [-0.3, -0.25) is 14.4 Å². The number of anilines is 1. The van der Waals surface area contributed by atoms with Crippen LogP contribution >= 0.6 is 0 Å². The number of carboxylic acids is 1. The summed E-state index contributed by atoms with van der Waals surface area (Å²) in [6.07, 6.45) is 4.48. The summed E-state index contributed by atoms with van der Waals surface area (Å²) >= 11 is 0. The van der Waals surface area contributed by atoms with E-state index < -0.39 is 5.97 Å². The summed E-state index contributed by atoms with van der Waals surface area (Å²) in [7, 11) is 0. The molecule has 2 aliphatic heterocycles. The van der Waals surface area contributed by atoms with Crippen LogP contribution in [0.1, 0.15) is 66.9 Å². The highest BCUT2D eigenvalue weighted by molar-refractivity contribution is 6.08. The molecule has 0 spiro atoms. The summed E-state index contributed by atoms with van der Waals surface area (Å²) < 4.78 is 10.9. The Hall–Kier alpha value is -3.55. The van der Waals surface area contributed by atoms with Crippen molar-refractivity contribution in [2.75, 3.05) is 11.7 Å². The monoisotopic (exact) mass is 476 g/mol. The number of para-hydroxylation sites is 1. The second-order valence-electron chi connectivity index (χ2n) is 9.83. The molecule has 0 radical (unpaired) electrons. The van der Waals surface area contributed by atoms with Crippen molar-refractivity contribution in [2.24, 2.45) is 5.92 Å². The Morgan fingerprint density at radius 3 is 2.57 bits per heavy atom. The fourth-order valence-electron chi connectivity index (χ4n) is 6.09. The molecule has 35 heavy (non-hydrogen) atoms. The lowest BCUT2D eigenvalue weighted by Crippen LogP contribution is -2.52. The van der Waals surface area contributed by atoms with Gasteiger partial charge in [0.05, 0.1) is 12.5 Å². The van der Waals surface area contributed by atoms with Crippen LogP contribution in [-0.2, 0) is 9.59 Å². The van der Waals surface area contributed by atoms with Gasteiger partial charge < -0.3 is 24.4 Å². The molecule has 2 aromatic rings. The number of hydrogen-bond acceptors (Lipinski definition) is 5. The summed E-state index contributed by atoms with van der Waals surface area (Å²) in [5.74, 6) is 0.178. The van der Waals surface area contributed by atoms with E-state index in [9.17, 15) is 14.4 Å². The molecule has 0 saturated heterocycles. The van der Waals surface area contributed by atoms with E-state index in [-0.39, 0.29) is 55.5 Å². The van der Waals surface area contributed by atoms with Crippen LogP contribution in [0.3, 0.4) is 0 Å². The van der Waals surface area contributed by atoms with Gasteiger partial charge in [0.1, 0.15) is 0 Å². The average molecular weight is 477 g/mol. The van der Waals surface area contributed by atoms with Gasteiger partial charge in [-0.05, 0) is 55.5 Å². The number of carbonyl (C=O) groups is 3. The predicted molar refractivity (Wildman–Crippen MR) is 126 cm³/mol. The van der Waals surface area contributed by atoms with E-state index in [1.165, 1.54) is 0 Å². The Labute approximate surface area is 203 Å². The maximum atomic E-state index is 13.9. The molecule has 0 unspecified atom stereocenters. The van der Waals surface area contributed by atoms with Gasteiger partial charge in [-0.25, -0.2) is 0 Å². The highest BCUT2D eigenvalue weighted by Crippen LogP contribution is 2.53. The van der Waals surface area contributed by atoms with Crippen LogP contribution in [0, 0.1) is 5.92 Å². The highest BCUT2D eigenvalue weighted by Gasteiger charge is 2.51. The summed E-state index contributed by atoms with van der Waals surface area (Å²) in [5.41, 5.74) is 2.35. The fraction of sp³-hybridized carbons (Fsp3) is 0.444. The molecule has 2 amide bonds. The third kappa shape index (κ3) is 3.81. The molecule has 0 bridgehead atoms. The molecule has 6 rings (SSSR count). The minimum Gasteiger partial charge on any atom is -0.481 e. The van der Waals surface area contributed by atoms with Gasteiger partial charge in [-0.2, -0.15) is 0 Å². The van der Waals surface area contributed by atoms with Gasteiger partial charge >= 0.3 is 5.97 Å². The van der Waals surface area contributed by atoms with Crippen molar-refractivity contribution in [3.63, 3.8) is 0 Å². The van der Waals surface area contributed by atoms with Gasteiger partial charge in [0, 0.05) is 35.7 Å². The van der Waals surface area contributed by atoms with Gasteiger partial charge in [-0.1, -0.05) is 24.6 Å². The first-order chi connectivity index (χ1) is 17.0. The fourth-order valence-corrected chi connectivity index (χ4v) is 6.09. The second kappa shape index (κ2) is 8.59. The quantitative estimate of drug-likeness (QED) is 0.673. The lowest BCUT2D eigenvalue weighted by atomic mass is 9.81. The van der Waals surface area contributed by atoms with E-state index in [2.05, 4.69) is 0 Å². The Morgan fingerprint density at radius 1 is 0.971 bits per heavy atom. The first-order valence-corrected chi connectivity index (χ1v) is 12.4. The zero-order chi connectivity index (χ0) is 24.1. The third-order valence-electron chi connectivity index (χ3n) is 7.70. The van der Waals surface area contributed by atoms with E-state index in [4.69, 9.17) is 14.6 Å². The number of nitrogens with zero attached hydrogens (tertiary/aromatic N) is 2. The first kappa shape index (κ1) is 21.9. The van der Waals surface area contributed by atoms with Crippen LogP contribution in [-0.4, -0.2) is 46.7 Å². The second-order valence-corrected chi connectivity index (χ2v) is 9.83. The predicted octanol–water partition coefficient (Wildman–Crippen LogP) is 4.14. The summed E-state index contributed by atoms with van der Waals surface area (Å²) in [6.45, 7) is 0.152. The van der Waals surface area contributed by atoms with Crippen LogP contribution in [0.5, 0.6) is 11.5 Å². The van der Waals surface area contributed by atoms with Crippen molar-refractivity contribution in [1.29, 1.82) is 0 Å². The number of rotatable bonds is 6. The first-order valence-electron chi connectivity index (χ1n) is 12.4. The Morgan fingerprint density at radius 2 is 1.77 bits per heavy atom. The lowest BCUT2D eigenvalue weighted by molar-refractivity contribution is -0.142. The van der Waals surface area contributed by atoms with Crippen LogP contribution in [0.15, 0.2) is 42.5 Å². The molecule has 2 saturated carbocycles. The Kier molecular flexibility index (Phi) is 5.39. The summed E-state index contributed by atoms with van der Waals surface area (Å²) in [4.78, 5) is 42.3. The number of hydrogen-bond donors (Lipinski definition) is 1. The number of fused-ring (bicyclic) bond motifs is 3. The summed E-state index contributed by atoms with van der Waals surface area (Å²) in [6, 6.07) is 13.1. The maximum absolute atomic E-state index is 13.9. The van der Waals surface area contributed by atoms with Gasteiger partial charge in [0.15, 0.2) is 11.5 Å². The molecule has 2 heterocycles. The van der Waals surface area contributed by atoms with Gasteiger partial charge in [-0.15, -0.1) is 0 Å². The number of benzene rings is 2. The molecule has 2 aromatic carbocycles. The molecule has 2 aliphatic carbocycles. The SMILES string of the molecule is O=C(O)CCC(=O)N(C1CC1)[C@H]1c2ccccc2N(C(=O)c2ccc3c(c2)OCO3)[C@@H]2CCC[C@@H]21. The molecule has 8 heteroatoms. The lowest BCUT2D eigenvalue weighted by Gasteiger charge is -2.48. The van der Waals surface area contributed by atoms with E-state index in [0.29, 0.717) is 17.1 Å². The molecule has 182 valence electrons. The summed E-state index contributed by atoms with van der Waals surface area (Å²) in [5, 5.41) is 9.15. The van der Waals surface area contributed by atoms with E-state index >= 15 is 0 Å². The van der Waals surface area contributed by atoms with Crippen molar-refractivity contribution in [1.82, 2.24) is 4.90 Å². The zero-order valence-electron chi connectivity index (χ0n) is 19.4. The van der Waals surface area contributed by atoms with E-state index in [0.717, 1.165) is 43.4 Å². The molecule has 4 aliphatic rings. The maximum Gasteiger partial charge on any atom is 0.303 e. The number of amides is 2. The molecule has 2 fully saturated rings. The molecular weight excluding hydrogens is 448 g/mol. The topological polar surface area (TPSA) is 96.4 Å². The van der Waals surface area contributed by atoms with Crippen molar-refractivity contribution in [3.8, 4) is 11.5 Å². The van der Waals surface area contributed by atoms with E-state index in [1.807, 2.05) is 34.1 Å². The number of aliphatic carboxylic acids is 1. The third-order valence-corrected chi connectivity index (χ3v) is 7.70. The standard InChI is InChI=1S/C27H28N2O6/c30-24(12-13-25(31)32)28(17-9-10-17)26-18-4-1-2-6-20(18)29(21-7-3-5-19(21)26)27(33)16-8-11-22-23(14-16)35-15-34-22/h1-2,4,6,8,11,14,17,19,21,26H,3,5,7,9-10,12-13,15H2,(H,31,32)/t19-,21+,26-/m0/s1. The average Bonchev–Trinajstić information content (AvgIpc) is 3.37. The van der Waals surface area contributed by atoms with Crippen molar-refractivity contribution in [3.05, 3.63) is 53.6 Å². The molecule has 3 atom stereocenters.